The van der Waals surface area contributed by atoms with Gasteiger partial charge in [0.05, 0.1) is 17.4 Å². The largest absolute Gasteiger partial charge is 0.319 e. The minimum Gasteiger partial charge on any atom is -0.319 e. The Morgan fingerprint density at radius 1 is 0.933 bits per heavy atom. The minimum atomic E-state index is -0.953. The fraction of sp³-hybridized carbons (Fsp3) is 0.261. The SMILES string of the molecule is O=C(Nc1cnccc1C1CCCCC1)c1ccc(F)c(-c2c(F)cccc2F)n1. The third kappa shape index (κ3) is 4.06. The molecule has 1 N–H and O–H groups in total. The molecule has 0 spiro atoms. The van der Waals surface area contributed by atoms with Crippen molar-refractivity contribution in [1.29, 1.82) is 0 Å². The normalized spacial score (nSPS) is 14.5. The third-order valence-electron chi connectivity index (χ3n) is 5.43. The zero-order valence-electron chi connectivity index (χ0n) is 16.2. The first-order valence-electron chi connectivity index (χ1n) is 9.91. The molecule has 1 aliphatic carbocycles. The van der Waals surface area contributed by atoms with Crippen LogP contribution >= 0.6 is 0 Å². The summed E-state index contributed by atoms with van der Waals surface area (Å²) in [5.74, 6) is -3.09. The summed E-state index contributed by atoms with van der Waals surface area (Å²) in [5, 5.41) is 2.78. The molecule has 0 bridgehead atoms. The average molecular weight is 411 g/mol. The van der Waals surface area contributed by atoms with E-state index in [1.165, 1.54) is 18.6 Å². The van der Waals surface area contributed by atoms with Crippen molar-refractivity contribution in [1.82, 2.24) is 9.97 Å². The van der Waals surface area contributed by atoms with Gasteiger partial charge in [0, 0.05) is 6.20 Å². The number of aromatic nitrogens is 2. The molecule has 2 aromatic heterocycles. The van der Waals surface area contributed by atoms with Crippen LogP contribution in [0.4, 0.5) is 18.9 Å². The second kappa shape index (κ2) is 8.65. The van der Waals surface area contributed by atoms with Crippen LogP contribution in [-0.2, 0) is 0 Å². The Morgan fingerprint density at radius 3 is 2.40 bits per heavy atom. The molecule has 0 saturated heterocycles. The van der Waals surface area contributed by atoms with E-state index in [2.05, 4.69) is 15.3 Å². The quantitative estimate of drug-likeness (QED) is 0.585. The summed E-state index contributed by atoms with van der Waals surface area (Å²) in [6.07, 6.45) is 8.82. The van der Waals surface area contributed by atoms with E-state index in [4.69, 9.17) is 0 Å². The zero-order chi connectivity index (χ0) is 21.1. The number of rotatable bonds is 4. The number of nitrogens with one attached hydrogen (secondary N) is 1. The molecule has 7 heteroatoms. The second-order valence-electron chi connectivity index (χ2n) is 7.38. The maximum absolute atomic E-state index is 14.3. The first-order valence-corrected chi connectivity index (χ1v) is 9.91. The number of nitrogens with zero attached hydrogens (tertiary/aromatic N) is 2. The fourth-order valence-corrected chi connectivity index (χ4v) is 3.93. The lowest BCUT2D eigenvalue weighted by atomic mass is 9.84. The highest BCUT2D eigenvalue weighted by atomic mass is 19.1. The van der Waals surface area contributed by atoms with Gasteiger partial charge >= 0.3 is 0 Å². The summed E-state index contributed by atoms with van der Waals surface area (Å²) in [5.41, 5.74) is 0.276. The Morgan fingerprint density at radius 2 is 1.67 bits per heavy atom. The van der Waals surface area contributed by atoms with Crippen LogP contribution in [0, 0.1) is 17.5 Å². The standard InChI is InChI=1S/C23H20F3N3O/c24-16-7-4-8-17(25)21(16)22-18(26)9-10-19(28-22)23(30)29-20-13-27-12-11-15(20)14-5-2-1-3-6-14/h4,7-14H,1-3,5-6H2,(H,29,30). The Bertz CT molecular complexity index is 1060. The van der Waals surface area contributed by atoms with Crippen LogP contribution in [0.2, 0.25) is 0 Å². The smallest absolute Gasteiger partial charge is 0.274 e. The van der Waals surface area contributed by atoms with E-state index in [1.54, 1.807) is 12.4 Å². The predicted octanol–water partition coefficient (Wildman–Crippen LogP) is 5.86. The van der Waals surface area contributed by atoms with Crippen molar-refractivity contribution in [3.8, 4) is 11.3 Å². The highest BCUT2D eigenvalue weighted by molar-refractivity contribution is 6.03. The molecule has 1 saturated carbocycles. The lowest BCUT2D eigenvalue weighted by Crippen LogP contribution is -2.17. The third-order valence-corrected chi connectivity index (χ3v) is 5.43. The summed E-state index contributed by atoms with van der Waals surface area (Å²) in [4.78, 5) is 20.8. The molecule has 1 aromatic carbocycles. The van der Waals surface area contributed by atoms with E-state index in [1.807, 2.05) is 6.07 Å². The van der Waals surface area contributed by atoms with Crippen LogP contribution in [-0.4, -0.2) is 15.9 Å². The van der Waals surface area contributed by atoms with E-state index >= 15 is 0 Å². The molecule has 4 nitrogen and oxygen atoms in total. The number of pyridine rings is 2. The molecule has 30 heavy (non-hydrogen) atoms. The van der Waals surface area contributed by atoms with Gasteiger partial charge in [-0.25, -0.2) is 18.2 Å². The van der Waals surface area contributed by atoms with Crippen LogP contribution < -0.4 is 5.32 Å². The molecule has 0 atom stereocenters. The van der Waals surface area contributed by atoms with Crippen LogP contribution in [0.3, 0.4) is 0 Å². The van der Waals surface area contributed by atoms with Gasteiger partial charge in [-0.05, 0) is 54.7 Å². The van der Waals surface area contributed by atoms with E-state index in [-0.39, 0.29) is 5.69 Å². The number of hydrogen-bond acceptors (Lipinski definition) is 3. The molecule has 1 amide bonds. The van der Waals surface area contributed by atoms with Gasteiger partial charge in [-0.3, -0.25) is 9.78 Å². The summed E-state index contributed by atoms with van der Waals surface area (Å²) >= 11 is 0. The van der Waals surface area contributed by atoms with Gasteiger partial charge in [0.15, 0.2) is 0 Å². The van der Waals surface area contributed by atoms with E-state index in [0.717, 1.165) is 49.4 Å². The Labute approximate surface area is 172 Å². The van der Waals surface area contributed by atoms with Gasteiger partial charge in [0.2, 0.25) is 0 Å². The number of carbonyl (C=O) groups is 1. The number of carbonyl (C=O) groups excluding carboxylic acids is 1. The first-order chi connectivity index (χ1) is 14.5. The van der Waals surface area contributed by atoms with Gasteiger partial charge in [0.1, 0.15) is 28.8 Å². The zero-order valence-corrected chi connectivity index (χ0v) is 16.2. The molecular weight excluding hydrogens is 391 g/mol. The number of amides is 1. The summed E-state index contributed by atoms with van der Waals surface area (Å²) in [7, 11) is 0. The number of hydrogen-bond donors (Lipinski definition) is 1. The van der Waals surface area contributed by atoms with Crippen molar-refractivity contribution in [2.24, 2.45) is 0 Å². The van der Waals surface area contributed by atoms with Gasteiger partial charge in [-0.1, -0.05) is 25.3 Å². The molecule has 3 aromatic rings. The lowest BCUT2D eigenvalue weighted by Gasteiger charge is -2.24. The van der Waals surface area contributed by atoms with Crippen molar-refractivity contribution in [2.45, 2.75) is 38.0 Å². The van der Waals surface area contributed by atoms with Crippen molar-refractivity contribution in [3.05, 3.63) is 77.5 Å². The Hall–Kier alpha value is -3.22. The summed E-state index contributed by atoms with van der Waals surface area (Å²) in [6.45, 7) is 0. The van der Waals surface area contributed by atoms with Crippen molar-refractivity contribution in [3.63, 3.8) is 0 Å². The number of anilines is 1. The van der Waals surface area contributed by atoms with Gasteiger partial charge < -0.3 is 5.32 Å². The molecule has 1 fully saturated rings. The van der Waals surface area contributed by atoms with E-state index in [0.29, 0.717) is 11.6 Å². The van der Waals surface area contributed by atoms with Crippen LogP contribution in [0.25, 0.3) is 11.3 Å². The number of benzene rings is 1. The minimum absolute atomic E-state index is 0.146. The molecule has 1 aliphatic rings. The van der Waals surface area contributed by atoms with Gasteiger partial charge in [-0.2, -0.15) is 0 Å². The molecule has 4 rings (SSSR count). The van der Waals surface area contributed by atoms with Crippen molar-refractivity contribution in [2.75, 3.05) is 5.32 Å². The van der Waals surface area contributed by atoms with Gasteiger partial charge in [-0.15, -0.1) is 0 Å². The summed E-state index contributed by atoms with van der Waals surface area (Å²) < 4.78 is 42.5. The Balaban J connectivity index is 1.64. The molecule has 2 heterocycles. The Kier molecular flexibility index (Phi) is 5.79. The van der Waals surface area contributed by atoms with Gasteiger partial charge in [0.25, 0.3) is 5.91 Å². The first kappa shape index (κ1) is 20.1. The topological polar surface area (TPSA) is 54.9 Å². The summed E-state index contributed by atoms with van der Waals surface area (Å²) in [6, 6.07) is 7.26. The van der Waals surface area contributed by atoms with E-state index in [9.17, 15) is 18.0 Å². The van der Waals surface area contributed by atoms with Crippen molar-refractivity contribution >= 4 is 11.6 Å². The lowest BCUT2D eigenvalue weighted by molar-refractivity contribution is 0.102. The molecule has 0 unspecified atom stereocenters. The highest BCUT2D eigenvalue weighted by Gasteiger charge is 2.22. The predicted molar refractivity (Wildman–Crippen MR) is 108 cm³/mol. The van der Waals surface area contributed by atoms with Crippen molar-refractivity contribution < 1.29 is 18.0 Å². The highest BCUT2D eigenvalue weighted by Crippen LogP contribution is 2.36. The monoisotopic (exact) mass is 411 g/mol. The second-order valence-corrected chi connectivity index (χ2v) is 7.38. The molecule has 0 aliphatic heterocycles. The molecular formula is C23H20F3N3O. The fourth-order valence-electron chi connectivity index (χ4n) is 3.93. The number of halogens is 3. The average Bonchev–Trinajstić information content (AvgIpc) is 2.76. The van der Waals surface area contributed by atoms with Crippen LogP contribution in [0.5, 0.6) is 0 Å². The molecule has 0 radical (unpaired) electrons. The van der Waals surface area contributed by atoms with E-state index < -0.39 is 34.6 Å². The maximum Gasteiger partial charge on any atom is 0.274 e. The maximum atomic E-state index is 14.3. The van der Waals surface area contributed by atoms with Crippen LogP contribution in [0.15, 0.2) is 48.8 Å². The molecule has 154 valence electrons. The van der Waals surface area contributed by atoms with Crippen LogP contribution in [0.1, 0.15) is 54.1 Å².